The van der Waals surface area contributed by atoms with Gasteiger partial charge in [0.25, 0.3) is 5.91 Å². The zero-order valence-electron chi connectivity index (χ0n) is 18.5. The Labute approximate surface area is 193 Å². The van der Waals surface area contributed by atoms with E-state index >= 15 is 0 Å². The third-order valence-corrected chi connectivity index (χ3v) is 5.48. The molecule has 0 atom stereocenters. The summed E-state index contributed by atoms with van der Waals surface area (Å²) < 4.78 is 5.12. The Hall–Kier alpha value is -4.07. The van der Waals surface area contributed by atoms with Crippen molar-refractivity contribution in [2.75, 3.05) is 48.8 Å². The number of hydrogen-bond acceptors (Lipinski definition) is 5. The van der Waals surface area contributed by atoms with Gasteiger partial charge in [-0.1, -0.05) is 18.2 Å². The number of anilines is 3. The van der Waals surface area contributed by atoms with Crippen molar-refractivity contribution in [1.29, 1.82) is 0 Å². The third-order valence-electron chi connectivity index (χ3n) is 5.48. The van der Waals surface area contributed by atoms with Crippen LogP contribution in [0, 0.1) is 0 Å². The molecule has 0 saturated carbocycles. The van der Waals surface area contributed by atoms with Crippen LogP contribution < -0.4 is 20.3 Å². The van der Waals surface area contributed by atoms with E-state index in [1.807, 2.05) is 47.4 Å². The fourth-order valence-electron chi connectivity index (χ4n) is 3.73. The van der Waals surface area contributed by atoms with E-state index in [4.69, 9.17) is 4.74 Å². The maximum absolute atomic E-state index is 12.7. The monoisotopic (exact) mass is 445 g/mol. The predicted molar refractivity (Wildman–Crippen MR) is 129 cm³/mol. The Bertz CT molecular complexity index is 1070. The summed E-state index contributed by atoms with van der Waals surface area (Å²) in [7, 11) is 1.59. The normalized spacial score (nSPS) is 13.7. The molecule has 1 aromatic heterocycles. The van der Waals surface area contributed by atoms with Crippen molar-refractivity contribution >= 4 is 29.1 Å². The quantitative estimate of drug-likeness (QED) is 0.618. The first-order valence-electron chi connectivity index (χ1n) is 10.9. The topological polar surface area (TPSA) is 86.8 Å². The zero-order chi connectivity index (χ0) is 23.0. The van der Waals surface area contributed by atoms with E-state index in [-0.39, 0.29) is 11.9 Å². The van der Waals surface area contributed by atoms with Crippen molar-refractivity contribution in [3.63, 3.8) is 0 Å². The number of carbonyl (C=O) groups excluding carboxylic acids is 2. The molecule has 8 nitrogen and oxygen atoms in total. The molecule has 0 bridgehead atoms. The lowest BCUT2D eigenvalue weighted by Gasteiger charge is -2.23. The summed E-state index contributed by atoms with van der Waals surface area (Å²) in [5, 5.41) is 5.56. The summed E-state index contributed by atoms with van der Waals surface area (Å²) >= 11 is 0. The Morgan fingerprint density at radius 2 is 1.58 bits per heavy atom. The molecule has 1 aliphatic rings. The lowest BCUT2D eigenvalue weighted by atomic mass is 10.2. The molecule has 2 N–H and O–H groups in total. The van der Waals surface area contributed by atoms with Gasteiger partial charge in [-0.25, -0.2) is 9.78 Å². The third kappa shape index (κ3) is 5.79. The molecule has 1 fully saturated rings. The minimum absolute atomic E-state index is 0.0628. The fourth-order valence-corrected chi connectivity index (χ4v) is 3.73. The Balaban J connectivity index is 1.31. The average molecular weight is 446 g/mol. The van der Waals surface area contributed by atoms with Gasteiger partial charge in [-0.15, -0.1) is 0 Å². The van der Waals surface area contributed by atoms with E-state index in [2.05, 4.69) is 20.5 Å². The van der Waals surface area contributed by atoms with Gasteiger partial charge in [0, 0.05) is 37.4 Å². The number of aromatic nitrogens is 1. The molecule has 4 rings (SSSR count). The Kier molecular flexibility index (Phi) is 7.04. The number of methoxy groups -OCH3 is 1. The van der Waals surface area contributed by atoms with Crippen molar-refractivity contribution in [2.45, 2.75) is 6.42 Å². The number of ether oxygens (including phenoxy) is 1. The molecule has 0 spiro atoms. The second-order valence-electron chi connectivity index (χ2n) is 7.71. The van der Waals surface area contributed by atoms with E-state index in [0.717, 1.165) is 31.1 Å². The maximum Gasteiger partial charge on any atom is 0.323 e. The molecule has 2 heterocycles. The van der Waals surface area contributed by atoms with Crippen LogP contribution in [0.3, 0.4) is 0 Å². The van der Waals surface area contributed by atoms with E-state index in [0.29, 0.717) is 30.0 Å². The van der Waals surface area contributed by atoms with Crippen LogP contribution in [0.15, 0.2) is 72.9 Å². The highest BCUT2D eigenvalue weighted by Crippen LogP contribution is 2.19. The van der Waals surface area contributed by atoms with E-state index < -0.39 is 0 Å². The standard InChI is InChI=1S/C25H27N5O3/c1-33-22-11-8-20(9-12-22)27-25(32)28-21-10-13-23(26-18-21)29-14-5-15-30(17-16-29)24(31)19-6-3-2-4-7-19/h2-4,6-13,18H,5,14-17H2,1H3,(H2,27,28,32). The molecule has 3 amide bonds. The molecule has 2 aromatic carbocycles. The molecule has 0 unspecified atom stereocenters. The van der Waals surface area contributed by atoms with Gasteiger partial charge >= 0.3 is 6.03 Å². The number of nitrogens with one attached hydrogen (secondary N) is 2. The molecule has 1 aliphatic heterocycles. The highest BCUT2D eigenvalue weighted by Gasteiger charge is 2.20. The number of benzene rings is 2. The van der Waals surface area contributed by atoms with E-state index in [1.54, 1.807) is 37.6 Å². The second kappa shape index (κ2) is 10.5. The minimum Gasteiger partial charge on any atom is -0.497 e. The largest absolute Gasteiger partial charge is 0.497 e. The smallest absolute Gasteiger partial charge is 0.323 e. The maximum atomic E-state index is 12.7. The molecule has 0 aliphatic carbocycles. The molecular formula is C25H27N5O3. The average Bonchev–Trinajstić information content (AvgIpc) is 3.11. The van der Waals surface area contributed by atoms with Crippen LogP contribution in [0.2, 0.25) is 0 Å². The summed E-state index contributed by atoms with van der Waals surface area (Å²) in [6, 6.07) is 19.8. The number of hydrogen-bond donors (Lipinski definition) is 2. The number of carbonyl (C=O) groups is 2. The SMILES string of the molecule is COc1ccc(NC(=O)Nc2ccc(N3CCCN(C(=O)c4ccccc4)CC3)nc2)cc1. The molecule has 0 radical (unpaired) electrons. The highest BCUT2D eigenvalue weighted by molar-refractivity contribution is 5.99. The van der Waals surface area contributed by atoms with Crippen LogP contribution in [0.1, 0.15) is 16.8 Å². The summed E-state index contributed by atoms with van der Waals surface area (Å²) in [5.41, 5.74) is 1.98. The van der Waals surface area contributed by atoms with Crippen LogP contribution in [0.25, 0.3) is 0 Å². The van der Waals surface area contributed by atoms with Crippen molar-refractivity contribution in [1.82, 2.24) is 9.88 Å². The van der Waals surface area contributed by atoms with Gasteiger partial charge in [-0.2, -0.15) is 0 Å². The van der Waals surface area contributed by atoms with Gasteiger partial charge < -0.3 is 25.2 Å². The Morgan fingerprint density at radius 1 is 0.848 bits per heavy atom. The van der Waals surface area contributed by atoms with Gasteiger partial charge in [0.05, 0.1) is 19.0 Å². The summed E-state index contributed by atoms with van der Waals surface area (Å²) in [6.45, 7) is 2.88. The number of nitrogens with zero attached hydrogens (tertiary/aromatic N) is 3. The second-order valence-corrected chi connectivity index (χ2v) is 7.71. The number of urea groups is 1. The zero-order valence-corrected chi connectivity index (χ0v) is 18.5. The van der Waals surface area contributed by atoms with Crippen LogP contribution in [-0.4, -0.2) is 55.1 Å². The van der Waals surface area contributed by atoms with Crippen molar-refractivity contribution in [3.8, 4) is 5.75 Å². The van der Waals surface area contributed by atoms with Crippen LogP contribution in [0.5, 0.6) is 5.75 Å². The summed E-state index contributed by atoms with van der Waals surface area (Å²) in [6.07, 6.45) is 2.51. The number of pyridine rings is 1. The molecule has 170 valence electrons. The first-order chi connectivity index (χ1) is 16.1. The lowest BCUT2D eigenvalue weighted by molar-refractivity contribution is 0.0767. The molecule has 1 saturated heterocycles. The summed E-state index contributed by atoms with van der Waals surface area (Å²) in [5.74, 6) is 1.61. The number of amides is 3. The van der Waals surface area contributed by atoms with Gasteiger partial charge in [0.15, 0.2) is 0 Å². The fraction of sp³-hybridized carbons (Fsp3) is 0.240. The minimum atomic E-state index is -0.348. The molecular weight excluding hydrogens is 418 g/mol. The van der Waals surface area contributed by atoms with Crippen LogP contribution in [0.4, 0.5) is 22.0 Å². The number of rotatable bonds is 5. The van der Waals surface area contributed by atoms with Crippen molar-refractivity contribution in [3.05, 3.63) is 78.5 Å². The molecule has 3 aromatic rings. The lowest BCUT2D eigenvalue weighted by Crippen LogP contribution is -2.35. The van der Waals surface area contributed by atoms with Gasteiger partial charge in [0.1, 0.15) is 11.6 Å². The Morgan fingerprint density at radius 3 is 2.27 bits per heavy atom. The summed E-state index contributed by atoms with van der Waals surface area (Å²) in [4.78, 5) is 33.6. The van der Waals surface area contributed by atoms with Crippen molar-refractivity contribution < 1.29 is 14.3 Å². The van der Waals surface area contributed by atoms with Gasteiger partial charge in [-0.3, -0.25) is 4.79 Å². The first-order valence-corrected chi connectivity index (χ1v) is 10.9. The van der Waals surface area contributed by atoms with Gasteiger partial charge in [0.2, 0.25) is 0 Å². The van der Waals surface area contributed by atoms with E-state index in [1.165, 1.54) is 0 Å². The highest BCUT2D eigenvalue weighted by atomic mass is 16.5. The van der Waals surface area contributed by atoms with Crippen LogP contribution >= 0.6 is 0 Å². The van der Waals surface area contributed by atoms with Gasteiger partial charge in [-0.05, 0) is 55.0 Å². The molecule has 33 heavy (non-hydrogen) atoms. The predicted octanol–water partition coefficient (Wildman–Crippen LogP) is 4.09. The van der Waals surface area contributed by atoms with E-state index in [9.17, 15) is 9.59 Å². The van der Waals surface area contributed by atoms with Crippen molar-refractivity contribution in [2.24, 2.45) is 0 Å². The first kappa shape index (κ1) is 22.1. The van der Waals surface area contributed by atoms with Crippen LogP contribution in [-0.2, 0) is 0 Å². The molecule has 8 heteroatoms.